The first-order valence-corrected chi connectivity index (χ1v) is 6.33. The molecular formula is C11H14N2O3S. The first-order valence-electron chi connectivity index (χ1n) is 4.85. The van der Waals surface area contributed by atoms with Gasteiger partial charge >= 0.3 is 0 Å². The van der Waals surface area contributed by atoms with Gasteiger partial charge in [0.2, 0.25) is 0 Å². The Balaban J connectivity index is 3.07. The van der Waals surface area contributed by atoms with Crippen LogP contribution in [0.25, 0.3) is 0 Å². The van der Waals surface area contributed by atoms with Gasteiger partial charge in [0.25, 0.3) is 10.0 Å². The van der Waals surface area contributed by atoms with Crippen LogP contribution in [0, 0.1) is 11.8 Å². The molecule has 0 heterocycles. The molecule has 1 aromatic carbocycles. The molecule has 17 heavy (non-hydrogen) atoms. The van der Waals surface area contributed by atoms with Crippen molar-refractivity contribution in [1.29, 1.82) is 0 Å². The van der Waals surface area contributed by atoms with Gasteiger partial charge in [-0.05, 0) is 18.2 Å². The number of rotatable bonds is 3. The SMILES string of the molecule is CN(C)NS(=O)(=O)c1cccc(C#CCO)c1. The molecule has 92 valence electrons. The molecule has 1 rings (SSSR count). The largest absolute Gasteiger partial charge is 0.384 e. The highest BCUT2D eigenvalue weighted by atomic mass is 32.2. The van der Waals surface area contributed by atoms with Gasteiger partial charge in [0.05, 0.1) is 4.90 Å². The quantitative estimate of drug-likeness (QED) is 0.578. The van der Waals surface area contributed by atoms with E-state index in [9.17, 15) is 8.42 Å². The molecule has 0 aromatic heterocycles. The van der Waals surface area contributed by atoms with Crippen LogP contribution < -0.4 is 4.83 Å². The Morgan fingerprint density at radius 1 is 1.41 bits per heavy atom. The van der Waals surface area contributed by atoms with E-state index in [1.54, 1.807) is 26.2 Å². The van der Waals surface area contributed by atoms with E-state index in [4.69, 9.17) is 5.11 Å². The number of hydrogen-bond donors (Lipinski definition) is 2. The molecule has 0 spiro atoms. The Labute approximate surface area is 101 Å². The summed E-state index contributed by atoms with van der Waals surface area (Å²) in [7, 11) is -0.381. The molecule has 0 saturated heterocycles. The van der Waals surface area contributed by atoms with Crippen LogP contribution in [0.15, 0.2) is 29.2 Å². The molecule has 0 atom stereocenters. The van der Waals surface area contributed by atoms with Crippen molar-refractivity contribution in [2.24, 2.45) is 0 Å². The Bertz CT molecular complexity index is 541. The second-order valence-electron chi connectivity index (χ2n) is 3.48. The predicted octanol–water partition coefficient (Wildman–Crippen LogP) is -0.215. The second-order valence-corrected chi connectivity index (χ2v) is 5.14. The molecule has 0 radical (unpaired) electrons. The van der Waals surface area contributed by atoms with Gasteiger partial charge in [0.15, 0.2) is 0 Å². The molecule has 6 heteroatoms. The minimum atomic E-state index is -3.56. The summed E-state index contributed by atoms with van der Waals surface area (Å²) >= 11 is 0. The van der Waals surface area contributed by atoms with Gasteiger partial charge in [0, 0.05) is 19.7 Å². The number of aliphatic hydroxyl groups is 1. The summed E-state index contributed by atoms with van der Waals surface area (Å²) in [5.41, 5.74) is 0.542. The van der Waals surface area contributed by atoms with E-state index in [0.29, 0.717) is 5.56 Å². The monoisotopic (exact) mass is 254 g/mol. The van der Waals surface area contributed by atoms with E-state index in [1.165, 1.54) is 17.1 Å². The molecule has 0 aliphatic carbocycles. The van der Waals surface area contributed by atoms with Crippen molar-refractivity contribution in [3.05, 3.63) is 29.8 Å². The van der Waals surface area contributed by atoms with Crippen molar-refractivity contribution < 1.29 is 13.5 Å². The van der Waals surface area contributed by atoms with Crippen LogP contribution in [0.1, 0.15) is 5.56 Å². The molecule has 0 aliphatic heterocycles. The zero-order valence-corrected chi connectivity index (χ0v) is 10.5. The number of aliphatic hydroxyl groups excluding tert-OH is 1. The molecule has 0 bridgehead atoms. The van der Waals surface area contributed by atoms with Crippen LogP contribution >= 0.6 is 0 Å². The molecular weight excluding hydrogens is 240 g/mol. The van der Waals surface area contributed by atoms with Gasteiger partial charge in [-0.15, -0.1) is 4.83 Å². The summed E-state index contributed by atoms with van der Waals surface area (Å²) in [6, 6.07) is 6.22. The average Bonchev–Trinajstić information content (AvgIpc) is 2.25. The van der Waals surface area contributed by atoms with Gasteiger partial charge < -0.3 is 5.11 Å². The number of sulfonamides is 1. The molecule has 1 aromatic rings. The smallest absolute Gasteiger partial charge is 0.253 e. The summed E-state index contributed by atoms with van der Waals surface area (Å²) in [5, 5.41) is 9.91. The topological polar surface area (TPSA) is 69.6 Å². The summed E-state index contributed by atoms with van der Waals surface area (Å²) in [6.07, 6.45) is 0. The van der Waals surface area contributed by atoms with Crippen molar-refractivity contribution in [3.8, 4) is 11.8 Å². The molecule has 0 aliphatic rings. The third kappa shape index (κ3) is 4.17. The Morgan fingerprint density at radius 2 is 2.12 bits per heavy atom. The van der Waals surface area contributed by atoms with Crippen LogP contribution in [-0.2, 0) is 10.0 Å². The Morgan fingerprint density at radius 3 is 2.71 bits per heavy atom. The van der Waals surface area contributed by atoms with Crippen LogP contribution in [0.5, 0.6) is 0 Å². The highest BCUT2D eigenvalue weighted by molar-refractivity contribution is 7.89. The third-order valence-electron chi connectivity index (χ3n) is 1.76. The Kier molecular flexibility index (Phi) is 4.66. The van der Waals surface area contributed by atoms with Gasteiger partial charge in [0.1, 0.15) is 6.61 Å². The second kappa shape index (κ2) is 5.80. The summed E-state index contributed by atoms with van der Waals surface area (Å²) < 4.78 is 23.6. The van der Waals surface area contributed by atoms with Crippen molar-refractivity contribution in [1.82, 2.24) is 9.84 Å². The van der Waals surface area contributed by atoms with E-state index in [2.05, 4.69) is 16.7 Å². The fourth-order valence-corrected chi connectivity index (χ4v) is 2.30. The van der Waals surface area contributed by atoms with E-state index in [1.807, 2.05) is 0 Å². The maximum atomic E-state index is 11.8. The summed E-state index contributed by atoms with van der Waals surface area (Å²) in [4.78, 5) is 2.46. The molecule has 5 nitrogen and oxygen atoms in total. The minimum absolute atomic E-state index is 0.135. The van der Waals surface area contributed by atoms with Crippen LogP contribution in [0.2, 0.25) is 0 Å². The van der Waals surface area contributed by atoms with Gasteiger partial charge in [-0.2, -0.15) is 0 Å². The minimum Gasteiger partial charge on any atom is -0.384 e. The lowest BCUT2D eigenvalue weighted by Gasteiger charge is -2.12. The molecule has 0 amide bonds. The van der Waals surface area contributed by atoms with E-state index in [0.717, 1.165) is 0 Å². The predicted molar refractivity (Wildman–Crippen MR) is 64.4 cm³/mol. The standard InChI is InChI=1S/C11H14N2O3S/c1-13(2)12-17(15,16)11-7-3-5-10(9-11)6-4-8-14/h3,5,7,9,12,14H,8H2,1-2H3. The lowest BCUT2D eigenvalue weighted by atomic mass is 10.2. The van der Waals surface area contributed by atoms with E-state index in [-0.39, 0.29) is 11.5 Å². The average molecular weight is 254 g/mol. The van der Waals surface area contributed by atoms with E-state index < -0.39 is 10.0 Å². The van der Waals surface area contributed by atoms with Crippen LogP contribution in [0.4, 0.5) is 0 Å². The molecule has 0 unspecified atom stereocenters. The number of benzene rings is 1. The number of hydrazine groups is 1. The fourth-order valence-electron chi connectivity index (χ4n) is 1.18. The number of nitrogens with zero attached hydrogens (tertiary/aromatic N) is 1. The summed E-state index contributed by atoms with van der Waals surface area (Å²) in [6.45, 7) is -0.257. The Hall–Kier alpha value is -1.39. The lowest BCUT2D eigenvalue weighted by molar-refractivity contribution is 0.350. The lowest BCUT2D eigenvalue weighted by Crippen LogP contribution is -2.36. The van der Waals surface area contributed by atoms with Gasteiger partial charge in [-0.25, -0.2) is 13.4 Å². The number of hydrogen-bond acceptors (Lipinski definition) is 4. The van der Waals surface area contributed by atoms with Crippen molar-refractivity contribution in [2.45, 2.75) is 4.90 Å². The van der Waals surface area contributed by atoms with Crippen molar-refractivity contribution in [3.63, 3.8) is 0 Å². The van der Waals surface area contributed by atoms with Crippen molar-refractivity contribution in [2.75, 3.05) is 20.7 Å². The first-order chi connectivity index (χ1) is 7.95. The van der Waals surface area contributed by atoms with Crippen LogP contribution in [0.3, 0.4) is 0 Å². The zero-order valence-electron chi connectivity index (χ0n) is 9.64. The van der Waals surface area contributed by atoms with Gasteiger partial charge in [-0.1, -0.05) is 17.9 Å². The van der Waals surface area contributed by atoms with Gasteiger partial charge in [-0.3, -0.25) is 0 Å². The maximum Gasteiger partial charge on any atom is 0.253 e. The first kappa shape index (κ1) is 13.7. The molecule has 0 fully saturated rings. The fraction of sp³-hybridized carbons (Fsp3) is 0.273. The molecule has 0 saturated carbocycles. The van der Waals surface area contributed by atoms with E-state index >= 15 is 0 Å². The third-order valence-corrected chi connectivity index (χ3v) is 3.24. The molecule has 2 N–H and O–H groups in total. The number of nitrogens with one attached hydrogen (secondary N) is 1. The highest BCUT2D eigenvalue weighted by Gasteiger charge is 2.14. The zero-order chi connectivity index (χ0) is 12.9. The van der Waals surface area contributed by atoms with Crippen molar-refractivity contribution >= 4 is 10.0 Å². The summed E-state index contributed by atoms with van der Waals surface area (Å²) in [5.74, 6) is 5.12. The normalized spacial score (nSPS) is 11.1. The highest BCUT2D eigenvalue weighted by Crippen LogP contribution is 2.10. The van der Waals surface area contributed by atoms with Crippen LogP contribution in [-0.4, -0.2) is 39.2 Å². The maximum absolute atomic E-state index is 11.8.